The number of hydrogen-bond acceptors (Lipinski definition) is 2. The molecule has 8 bridgehead atoms. The van der Waals surface area contributed by atoms with Crippen LogP contribution in [0.4, 0.5) is 0 Å². The SMILES string of the molecule is CCC1=C(CC)c2cc3[nH]c(cc4cc(cc5[nH]c(cc1n2)c(-c1ccccc1)c5-c1ccccc1)C=CC4=O)c(-c1ccccc1)c3-c1ccccc1. The summed E-state index contributed by atoms with van der Waals surface area (Å²) in [4.78, 5) is 26.8. The zero-order valence-corrected chi connectivity index (χ0v) is 30.4. The molecule has 0 spiro atoms. The van der Waals surface area contributed by atoms with Crippen molar-refractivity contribution in [2.45, 2.75) is 26.7 Å². The minimum Gasteiger partial charge on any atom is -0.354 e. The molecule has 0 atom stereocenters. The molecule has 4 nitrogen and oxygen atoms in total. The Morgan fingerprint density at radius 3 is 1.19 bits per heavy atom. The topological polar surface area (TPSA) is 61.5 Å². The molecule has 2 aliphatic rings. The Balaban J connectivity index is 1.49. The van der Waals surface area contributed by atoms with Crippen LogP contribution in [-0.4, -0.2) is 20.7 Å². The molecule has 260 valence electrons. The summed E-state index contributed by atoms with van der Waals surface area (Å²) >= 11 is 0. The number of benzene rings is 4. The molecule has 1 aliphatic carbocycles. The van der Waals surface area contributed by atoms with Crippen LogP contribution in [-0.2, 0) is 0 Å². The second kappa shape index (κ2) is 14.0. The first kappa shape index (κ1) is 33.1. The van der Waals surface area contributed by atoms with Gasteiger partial charge in [-0.05, 0) is 88.2 Å². The molecule has 4 aromatic carbocycles. The van der Waals surface area contributed by atoms with Crippen LogP contribution in [0, 0.1) is 0 Å². The van der Waals surface area contributed by atoms with E-state index in [0.717, 1.165) is 96.4 Å². The third-order valence-corrected chi connectivity index (χ3v) is 10.5. The molecule has 0 fully saturated rings. The fourth-order valence-electron chi connectivity index (χ4n) is 8.10. The van der Waals surface area contributed by atoms with Crippen molar-refractivity contribution in [3.8, 4) is 44.5 Å². The van der Waals surface area contributed by atoms with Crippen molar-refractivity contribution in [2.24, 2.45) is 0 Å². The van der Waals surface area contributed by atoms with Crippen molar-refractivity contribution in [2.75, 3.05) is 0 Å². The number of nitrogens with one attached hydrogen (secondary N) is 2. The number of hydrogen-bond donors (Lipinski definition) is 2. The molecule has 0 saturated heterocycles. The van der Waals surface area contributed by atoms with E-state index in [4.69, 9.17) is 4.98 Å². The van der Waals surface area contributed by atoms with Crippen LogP contribution in [0.2, 0.25) is 0 Å². The zero-order chi connectivity index (χ0) is 36.6. The number of ketones is 1. The number of carbonyl (C=O) groups is 1. The Labute approximate surface area is 315 Å². The van der Waals surface area contributed by atoms with E-state index in [1.54, 1.807) is 6.08 Å². The summed E-state index contributed by atoms with van der Waals surface area (Å²) in [5, 5.41) is 0. The van der Waals surface area contributed by atoms with Gasteiger partial charge < -0.3 is 9.97 Å². The number of aromatic nitrogens is 3. The van der Waals surface area contributed by atoms with Crippen LogP contribution >= 0.6 is 0 Å². The molecule has 4 heteroatoms. The van der Waals surface area contributed by atoms with Crippen molar-refractivity contribution in [1.29, 1.82) is 0 Å². The first-order valence-corrected chi connectivity index (χ1v) is 18.7. The fraction of sp³-hybridized carbons (Fsp3) is 0.0800. The monoisotopic (exact) mass is 697 g/mol. The van der Waals surface area contributed by atoms with Gasteiger partial charge in [-0.25, -0.2) is 4.98 Å². The number of carbonyl (C=O) groups excluding carboxylic acids is 1. The van der Waals surface area contributed by atoms with Crippen molar-refractivity contribution in [3.63, 3.8) is 0 Å². The van der Waals surface area contributed by atoms with Gasteiger partial charge >= 0.3 is 0 Å². The number of allylic oxidation sites excluding steroid dienone is 3. The lowest BCUT2D eigenvalue weighted by Gasteiger charge is -2.08. The molecule has 4 heterocycles. The van der Waals surface area contributed by atoms with Gasteiger partial charge in [0.2, 0.25) is 0 Å². The standard InChI is InChI=1S/C50H39N3O/c1-3-38-39(4-2)41-31-45-50(36-23-15-8-16-24-36)48(34-19-11-6-12-20-34)43(53-45)29-37-27-32(25-26-46(37)54)28-42-47(33-17-9-5-10-18-33)49(35-21-13-7-14-22-35)44(52-42)30-40(38)51-41/h5-31,52-53H,3-4H2,1-2H3. The van der Waals surface area contributed by atoms with Gasteiger partial charge in [-0.1, -0.05) is 141 Å². The predicted molar refractivity (Wildman–Crippen MR) is 226 cm³/mol. The Hall–Kier alpha value is -6.78. The Morgan fingerprint density at radius 1 is 0.426 bits per heavy atom. The smallest absolute Gasteiger partial charge is 0.185 e. The fourth-order valence-corrected chi connectivity index (χ4v) is 8.10. The second-order valence-corrected chi connectivity index (χ2v) is 13.8. The number of aromatic amines is 2. The van der Waals surface area contributed by atoms with Crippen molar-refractivity contribution >= 4 is 45.1 Å². The van der Waals surface area contributed by atoms with Crippen molar-refractivity contribution in [3.05, 3.63) is 180 Å². The van der Waals surface area contributed by atoms with Crippen molar-refractivity contribution in [1.82, 2.24) is 15.0 Å². The Kier molecular flexibility index (Phi) is 8.57. The summed E-state index contributed by atoms with van der Waals surface area (Å²) in [6, 6.07) is 52.7. The lowest BCUT2D eigenvalue weighted by atomic mass is 9.95. The largest absolute Gasteiger partial charge is 0.354 e. The zero-order valence-electron chi connectivity index (χ0n) is 30.4. The number of nitrogens with zero attached hydrogens (tertiary/aromatic N) is 1. The lowest BCUT2D eigenvalue weighted by Crippen LogP contribution is -1.97. The van der Waals surface area contributed by atoms with E-state index in [9.17, 15) is 4.79 Å². The summed E-state index contributed by atoms with van der Waals surface area (Å²) in [5.41, 5.74) is 18.5. The van der Waals surface area contributed by atoms with Crippen LogP contribution in [0.5, 0.6) is 0 Å². The van der Waals surface area contributed by atoms with Gasteiger partial charge in [0.1, 0.15) is 0 Å². The predicted octanol–water partition coefficient (Wildman–Crippen LogP) is 13.2. The summed E-state index contributed by atoms with van der Waals surface area (Å²) in [5.74, 6) is -0.0364. The van der Waals surface area contributed by atoms with Gasteiger partial charge in [-0.15, -0.1) is 0 Å². The number of H-pyrrole nitrogens is 2. The first-order chi connectivity index (χ1) is 26.6. The van der Waals surface area contributed by atoms with Crippen LogP contribution in [0.3, 0.4) is 0 Å². The van der Waals surface area contributed by atoms with E-state index in [-0.39, 0.29) is 5.78 Å². The van der Waals surface area contributed by atoms with Gasteiger partial charge in [-0.2, -0.15) is 0 Å². The molecule has 7 aromatic rings. The lowest BCUT2D eigenvalue weighted by molar-refractivity contribution is 0.104. The van der Waals surface area contributed by atoms with E-state index in [1.165, 1.54) is 11.1 Å². The van der Waals surface area contributed by atoms with Gasteiger partial charge in [0.25, 0.3) is 0 Å². The highest BCUT2D eigenvalue weighted by Gasteiger charge is 2.22. The molecule has 3 aromatic heterocycles. The van der Waals surface area contributed by atoms with E-state index in [1.807, 2.05) is 30.3 Å². The minimum absolute atomic E-state index is 0.0364. The summed E-state index contributed by atoms with van der Waals surface area (Å²) in [7, 11) is 0. The highest BCUT2D eigenvalue weighted by Crippen LogP contribution is 2.43. The molecular weight excluding hydrogens is 659 g/mol. The van der Waals surface area contributed by atoms with Crippen LogP contribution in [0.1, 0.15) is 54.0 Å². The van der Waals surface area contributed by atoms with Crippen LogP contribution in [0.25, 0.3) is 83.8 Å². The third-order valence-electron chi connectivity index (χ3n) is 10.5. The number of fused-ring (bicyclic) bond motifs is 8. The maximum absolute atomic E-state index is 13.7. The molecule has 54 heavy (non-hydrogen) atoms. The molecule has 0 amide bonds. The third kappa shape index (κ3) is 5.92. The van der Waals surface area contributed by atoms with Gasteiger partial charge in [0.15, 0.2) is 5.78 Å². The minimum atomic E-state index is -0.0364. The van der Waals surface area contributed by atoms with Crippen LogP contribution in [0.15, 0.2) is 158 Å². The first-order valence-electron chi connectivity index (χ1n) is 18.7. The molecule has 9 rings (SSSR count). The highest BCUT2D eigenvalue weighted by molar-refractivity contribution is 6.11. The average molecular weight is 698 g/mol. The summed E-state index contributed by atoms with van der Waals surface area (Å²) in [6.45, 7) is 4.44. The highest BCUT2D eigenvalue weighted by atomic mass is 16.1. The van der Waals surface area contributed by atoms with E-state index in [2.05, 4.69) is 151 Å². The van der Waals surface area contributed by atoms with Crippen LogP contribution < -0.4 is 0 Å². The summed E-state index contributed by atoms with van der Waals surface area (Å²) in [6.07, 6.45) is 5.30. The Morgan fingerprint density at radius 2 is 0.796 bits per heavy atom. The molecule has 0 radical (unpaired) electrons. The summed E-state index contributed by atoms with van der Waals surface area (Å²) < 4.78 is 0. The van der Waals surface area contributed by atoms with Crippen molar-refractivity contribution < 1.29 is 4.79 Å². The maximum Gasteiger partial charge on any atom is 0.185 e. The molecule has 1 aliphatic heterocycles. The molecule has 2 N–H and O–H groups in total. The second-order valence-electron chi connectivity index (χ2n) is 13.8. The normalized spacial score (nSPS) is 12.7. The molecule has 0 unspecified atom stereocenters. The van der Waals surface area contributed by atoms with Gasteiger partial charge in [0.05, 0.1) is 11.4 Å². The van der Waals surface area contributed by atoms with E-state index >= 15 is 0 Å². The van der Waals surface area contributed by atoms with Gasteiger partial charge in [-0.3, -0.25) is 4.79 Å². The molecule has 0 saturated carbocycles. The van der Waals surface area contributed by atoms with Gasteiger partial charge in [0, 0.05) is 49.9 Å². The maximum atomic E-state index is 13.7. The van der Waals surface area contributed by atoms with E-state index < -0.39 is 0 Å². The number of rotatable bonds is 6. The van der Waals surface area contributed by atoms with E-state index in [0.29, 0.717) is 5.56 Å². The quantitative estimate of drug-likeness (QED) is 0.182. The average Bonchev–Trinajstić information content (AvgIpc) is 3.87. The Bertz CT molecular complexity index is 2760. The molecular formula is C50H39N3O.